The molecule has 100 valence electrons. The van der Waals surface area contributed by atoms with Crippen molar-refractivity contribution in [1.29, 1.82) is 0 Å². The second kappa shape index (κ2) is 6.05. The van der Waals surface area contributed by atoms with Crippen LogP contribution in [0.2, 0.25) is 5.02 Å². The van der Waals surface area contributed by atoms with Crippen LogP contribution in [0.15, 0.2) is 18.2 Å². The van der Waals surface area contributed by atoms with E-state index >= 15 is 0 Å². The molecule has 1 aliphatic rings. The quantitative estimate of drug-likeness (QED) is 0.910. The van der Waals surface area contributed by atoms with E-state index in [0.717, 1.165) is 24.7 Å². The van der Waals surface area contributed by atoms with Gasteiger partial charge in [-0.15, -0.1) is 0 Å². The van der Waals surface area contributed by atoms with Gasteiger partial charge in [0.1, 0.15) is 0 Å². The van der Waals surface area contributed by atoms with Crippen molar-refractivity contribution in [1.82, 2.24) is 4.90 Å². The molecular formula is C15H23ClN2. The number of benzene rings is 1. The molecule has 1 saturated heterocycles. The molecule has 0 aromatic heterocycles. The average molecular weight is 267 g/mol. The number of nitrogens with two attached hydrogens (primary N) is 1. The second-order valence-electron chi connectivity index (χ2n) is 5.46. The third-order valence-corrected chi connectivity index (χ3v) is 4.39. The minimum Gasteiger partial charge on any atom is -0.329 e. The van der Waals surface area contributed by atoms with Crippen molar-refractivity contribution >= 4 is 11.6 Å². The first kappa shape index (κ1) is 13.9. The minimum atomic E-state index is 0.522. The van der Waals surface area contributed by atoms with Gasteiger partial charge in [-0.3, -0.25) is 4.90 Å². The molecule has 2 N–H and O–H groups in total. The lowest BCUT2D eigenvalue weighted by molar-refractivity contribution is 0.0989. The molecule has 1 aromatic carbocycles. The van der Waals surface area contributed by atoms with E-state index in [9.17, 15) is 0 Å². The summed E-state index contributed by atoms with van der Waals surface area (Å²) in [5.41, 5.74) is 8.58. The van der Waals surface area contributed by atoms with Gasteiger partial charge >= 0.3 is 0 Å². The largest absolute Gasteiger partial charge is 0.329 e. The summed E-state index contributed by atoms with van der Waals surface area (Å²) in [6, 6.07) is 6.69. The van der Waals surface area contributed by atoms with Crippen LogP contribution in [0.1, 0.15) is 30.9 Å². The Morgan fingerprint density at radius 1 is 1.44 bits per heavy atom. The van der Waals surface area contributed by atoms with Gasteiger partial charge in [-0.2, -0.15) is 0 Å². The zero-order valence-corrected chi connectivity index (χ0v) is 12.1. The van der Waals surface area contributed by atoms with Crippen LogP contribution in [0.5, 0.6) is 0 Å². The number of rotatable bonds is 3. The molecule has 2 nitrogen and oxygen atoms in total. The highest BCUT2D eigenvalue weighted by atomic mass is 35.5. The maximum Gasteiger partial charge on any atom is 0.0408 e. The topological polar surface area (TPSA) is 29.3 Å². The van der Waals surface area contributed by atoms with Crippen molar-refractivity contribution in [3.63, 3.8) is 0 Å². The molecule has 3 heteroatoms. The number of hydrogen-bond acceptors (Lipinski definition) is 2. The van der Waals surface area contributed by atoms with Gasteiger partial charge in [0.2, 0.25) is 0 Å². The van der Waals surface area contributed by atoms with Crippen LogP contribution in [-0.2, 0) is 6.54 Å². The summed E-state index contributed by atoms with van der Waals surface area (Å²) in [6.07, 6.45) is 2.59. The smallest absolute Gasteiger partial charge is 0.0408 e. The minimum absolute atomic E-state index is 0.522. The van der Waals surface area contributed by atoms with E-state index < -0.39 is 0 Å². The summed E-state index contributed by atoms with van der Waals surface area (Å²) in [4.78, 5) is 2.53. The monoisotopic (exact) mass is 266 g/mol. The summed E-state index contributed by atoms with van der Waals surface area (Å²) >= 11 is 6.01. The maximum absolute atomic E-state index is 6.01. The standard InChI is InChI=1S/C15H23ClN2/c1-11-4-3-7-18(15(11)9-17)10-13-5-6-14(16)8-12(13)2/h5-6,8,11,15H,3-4,7,9-10,17H2,1-2H3. The van der Waals surface area contributed by atoms with Crippen molar-refractivity contribution in [3.8, 4) is 0 Å². The second-order valence-corrected chi connectivity index (χ2v) is 5.90. The lowest BCUT2D eigenvalue weighted by atomic mass is 9.90. The Morgan fingerprint density at radius 2 is 2.22 bits per heavy atom. The number of aryl methyl sites for hydroxylation is 1. The Morgan fingerprint density at radius 3 is 2.89 bits per heavy atom. The van der Waals surface area contributed by atoms with Crippen LogP contribution >= 0.6 is 11.6 Å². The highest BCUT2D eigenvalue weighted by Crippen LogP contribution is 2.25. The molecular weight excluding hydrogens is 244 g/mol. The fourth-order valence-corrected chi connectivity index (χ4v) is 3.19. The number of hydrogen-bond donors (Lipinski definition) is 1. The van der Waals surface area contributed by atoms with Crippen LogP contribution < -0.4 is 5.73 Å². The Hall–Kier alpha value is -0.570. The maximum atomic E-state index is 6.01. The molecule has 0 spiro atoms. The molecule has 0 bridgehead atoms. The first-order valence-electron chi connectivity index (χ1n) is 6.81. The zero-order valence-electron chi connectivity index (χ0n) is 11.3. The van der Waals surface area contributed by atoms with E-state index in [2.05, 4.69) is 24.8 Å². The average Bonchev–Trinajstić information content (AvgIpc) is 2.33. The predicted octanol–water partition coefficient (Wildman–Crippen LogP) is 3.21. The third-order valence-electron chi connectivity index (χ3n) is 4.15. The van der Waals surface area contributed by atoms with Crippen LogP contribution in [0, 0.1) is 12.8 Å². The van der Waals surface area contributed by atoms with E-state index in [1.165, 1.54) is 24.0 Å². The first-order valence-corrected chi connectivity index (χ1v) is 7.18. The number of nitrogens with zero attached hydrogens (tertiary/aromatic N) is 1. The van der Waals surface area contributed by atoms with Crippen molar-refractivity contribution in [2.45, 2.75) is 39.3 Å². The normalized spacial score (nSPS) is 25.3. The molecule has 1 aliphatic heterocycles. The molecule has 1 fully saturated rings. The highest BCUT2D eigenvalue weighted by Gasteiger charge is 2.27. The van der Waals surface area contributed by atoms with Gasteiger partial charge in [0.25, 0.3) is 0 Å². The Balaban J connectivity index is 2.11. The number of likely N-dealkylation sites (tertiary alicyclic amines) is 1. The van der Waals surface area contributed by atoms with E-state index in [1.807, 2.05) is 12.1 Å². The molecule has 0 saturated carbocycles. The first-order chi connectivity index (χ1) is 8.61. The van der Waals surface area contributed by atoms with Gasteiger partial charge in [0.15, 0.2) is 0 Å². The molecule has 2 unspecified atom stereocenters. The van der Waals surface area contributed by atoms with Crippen LogP contribution in [0.4, 0.5) is 0 Å². The van der Waals surface area contributed by atoms with Crippen LogP contribution in [-0.4, -0.2) is 24.0 Å². The summed E-state index contributed by atoms with van der Waals surface area (Å²) in [5.74, 6) is 0.705. The van der Waals surface area contributed by atoms with Gasteiger partial charge in [-0.05, 0) is 55.5 Å². The molecule has 0 radical (unpaired) electrons. The molecule has 0 amide bonds. The van der Waals surface area contributed by atoms with Gasteiger partial charge in [0, 0.05) is 24.2 Å². The van der Waals surface area contributed by atoms with Gasteiger partial charge in [0.05, 0.1) is 0 Å². The summed E-state index contributed by atoms with van der Waals surface area (Å²) in [7, 11) is 0. The predicted molar refractivity (Wildman–Crippen MR) is 77.8 cm³/mol. The van der Waals surface area contributed by atoms with Crippen molar-refractivity contribution in [3.05, 3.63) is 34.3 Å². The number of halogens is 1. The summed E-state index contributed by atoms with van der Waals surface area (Å²) in [6.45, 7) is 7.36. The van der Waals surface area contributed by atoms with Gasteiger partial charge in [-0.25, -0.2) is 0 Å². The lowest BCUT2D eigenvalue weighted by Crippen LogP contribution is -2.48. The molecule has 1 aromatic rings. The molecule has 2 atom stereocenters. The van der Waals surface area contributed by atoms with Crippen molar-refractivity contribution in [2.75, 3.05) is 13.1 Å². The molecule has 1 heterocycles. The highest BCUT2D eigenvalue weighted by molar-refractivity contribution is 6.30. The van der Waals surface area contributed by atoms with Gasteiger partial charge < -0.3 is 5.73 Å². The lowest BCUT2D eigenvalue weighted by Gasteiger charge is -2.39. The Kier molecular flexibility index (Phi) is 4.66. The van der Waals surface area contributed by atoms with E-state index in [1.54, 1.807) is 0 Å². The fourth-order valence-electron chi connectivity index (χ4n) is 2.97. The molecule has 18 heavy (non-hydrogen) atoms. The zero-order chi connectivity index (χ0) is 13.1. The summed E-state index contributed by atoms with van der Waals surface area (Å²) < 4.78 is 0. The molecule has 0 aliphatic carbocycles. The van der Waals surface area contributed by atoms with Crippen LogP contribution in [0.25, 0.3) is 0 Å². The van der Waals surface area contributed by atoms with Crippen molar-refractivity contribution in [2.24, 2.45) is 11.7 Å². The summed E-state index contributed by atoms with van der Waals surface area (Å²) in [5, 5.41) is 0.818. The third kappa shape index (κ3) is 3.05. The van der Waals surface area contributed by atoms with Crippen molar-refractivity contribution < 1.29 is 0 Å². The molecule has 2 rings (SSSR count). The van der Waals surface area contributed by atoms with E-state index in [0.29, 0.717) is 12.0 Å². The van der Waals surface area contributed by atoms with E-state index in [-0.39, 0.29) is 0 Å². The fraction of sp³-hybridized carbons (Fsp3) is 0.600. The SMILES string of the molecule is Cc1cc(Cl)ccc1CN1CCCC(C)C1CN. The van der Waals surface area contributed by atoms with Crippen LogP contribution in [0.3, 0.4) is 0 Å². The Bertz CT molecular complexity index is 405. The number of piperidine rings is 1. The van der Waals surface area contributed by atoms with E-state index in [4.69, 9.17) is 17.3 Å². The van der Waals surface area contributed by atoms with Gasteiger partial charge in [-0.1, -0.05) is 24.6 Å². The Labute approximate surface area is 115 Å².